The summed E-state index contributed by atoms with van der Waals surface area (Å²) < 4.78 is 0. The fourth-order valence-corrected chi connectivity index (χ4v) is 3.51. The number of anilines is 2. The third-order valence-corrected chi connectivity index (χ3v) is 5.19. The molecule has 0 aromatic heterocycles. The Balaban J connectivity index is 1.64. The van der Waals surface area contributed by atoms with Crippen LogP contribution in [0.15, 0.2) is 42.5 Å². The molecule has 2 aromatic carbocycles. The van der Waals surface area contributed by atoms with Gasteiger partial charge in [-0.1, -0.05) is 37.6 Å². The van der Waals surface area contributed by atoms with Crippen molar-refractivity contribution in [2.24, 2.45) is 5.92 Å². The van der Waals surface area contributed by atoms with Gasteiger partial charge in [0.15, 0.2) is 0 Å². The molecule has 2 aromatic rings. The Labute approximate surface area is 161 Å². The smallest absolute Gasteiger partial charge is 0.229 e. The zero-order valence-corrected chi connectivity index (χ0v) is 16.4. The number of hydrogen-bond acceptors (Lipinski definition) is 2. The highest BCUT2D eigenvalue weighted by Crippen LogP contribution is 2.29. The van der Waals surface area contributed by atoms with Crippen LogP contribution in [0, 0.1) is 19.8 Å². The number of nitrogens with zero attached hydrogens (tertiary/aromatic N) is 1. The van der Waals surface area contributed by atoms with Gasteiger partial charge in [0.25, 0.3) is 0 Å². The molecule has 1 N–H and O–H groups in total. The standard InChI is InChI=1S/C23H28N2O2/c1-4-5-6-18-9-11-20(12-10-18)24-23(27)19-14-22(26)25(15-19)21-13-16(2)7-8-17(21)3/h7-13,19H,4-6,14-15H2,1-3H3,(H,24,27). The molecule has 0 radical (unpaired) electrons. The summed E-state index contributed by atoms with van der Waals surface area (Å²) in [6.07, 6.45) is 3.66. The second kappa shape index (κ2) is 8.38. The van der Waals surface area contributed by atoms with Gasteiger partial charge in [-0.05, 0) is 61.6 Å². The molecule has 3 rings (SSSR count). The lowest BCUT2D eigenvalue weighted by atomic mass is 10.1. The predicted octanol–water partition coefficient (Wildman–Crippen LogP) is 4.64. The fraction of sp³-hybridized carbons (Fsp3) is 0.391. The van der Waals surface area contributed by atoms with E-state index in [-0.39, 0.29) is 24.2 Å². The maximum atomic E-state index is 12.7. The number of aryl methyl sites for hydroxylation is 3. The summed E-state index contributed by atoms with van der Waals surface area (Å²) in [6.45, 7) is 6.62. The van der Waals surface area contributed by atoms with Crippen molar-refractivity contribution in [3.63, 3.8) is 0 Å². The summed E-state index contributed by atoms with van der Waals surface area (Å²) >= 11 is 0. The van der Waals surface area contributed by atoms with Crippen LogP contribution in [-0.2, 0) is 16.0 Å². The Morgan fingerprint density at radius 1 is 1.15 bits per heavy atom. The Bertz CT molecular complexity index is 827. The lowest BCUT2D eigenvalue weighted by molar-refractivity contribution is -0.122. The molecule has 2 amide bonds. The number of benzene rings is 2. The first-order chi connectivity index (χ1) is 13.0. The molecule has 4 heteroatoms. The first-order valence-corrected chi connectivity index (χ1v) is 9.75. The average Bonchev–Trinajstić information content (AvgIpc) is 3.05. The van der Waals surface area contributed by atoms with Crippen LogP contribution >= 0.6 is 0 Å². The van der Waals surface area contributed by atoms with Gasteiger partial charge >= 0.3 is 0 Å². The van der Waals surface area contributed by atoms with Crippen LogP contribution < -0.4 is 10.2 Å². The predicted molar refractivity (Wildman–Crippen MR) is 110 cm³/mol. The largest absolute Gasteiger partial charge is 0.326 e. The van der Waals surface area contributed by atoms with E-state index in [2.05, 4.69) is 24.4 Å². The maximum absolute atomic E-state index is 12.7. The van der Waals surface area contributed by atoms with Crippen LogP contribution in [0.3, 0.4) is 0 Å². The van der Waals surface area contributed by atoms with E-state index in [0.29, 0.717) is 6.54 Å². The molecule has 1 heterocycles. The Kier molecular flexibility index (Phi) is 5.94. The quantitative estimate of drug-likeness (QED) is 0.812. The molecular formula is C23H28N2O2. The van der Waals surface area contributed by atoms with Crippen molar-refractivity contribution >= 4 is 23.2 Å². The summed E-state index contributed by atoms with van der Waals surface area (Å²) in [5.41, 5.74) is 5.15. The highest BCUT2D eigenvalue weighted by Gasteiger charge is 2.35. The minimum absolute atomic E-state index is 0.0127. The molecule has 1 fully saturated rings. The second-order valence-corrected chi connectivity index (χ2v) is 7.49. The maximum Gasteiger partial charge on any atom is 0.229 e. The van der Waals surface area contributed by atoms with Gasteiger partial charge in [-0.15, -0.1) is 0 Å². The molecular weight excluding hydrogens is 336 g/mol. The Morgan fingerprint density at radius 2 is 1.89 bits per heavy atom. The van der Waals surface area contributed by atoms with Crippen molar-refractivity contribution in [3.8, 4) is 0 Å². The van der Waals surface area contributed by atoms with Gasteiger partial charge in [0, 0.05) is 24.3 Å². The first-order valence-electron chi connectivity index (χ1n) is 9.75. The molecule has 0 aliphatic carbocycles. The minimum atomic E-state index is -0.322. The number of hydrogen-bond donors (Lipinski definition) is 1. The van der Waals surface area contributed by atoms with Crippen LogP contribution in [-0.4, -0.2) is 18.4 Å². The van der Waals surface area contributed by atoms with Gasteiger partial charge < -0.3 is 10.2 Å². The number of rotatable bonds is 6. The molecule has 27 heavy (non-hydrogen) atoms. The zero-order valence-electron chi connectivity index (χ0n) is 16.4. The van der Waals surface area contributed by atoms with E-state index in [9.17, 15) is 9.59 Å². The van der Waals surface area contributed by atoms with Crippen molar-refractivity contribution in [2.45, 2.75) is 46.5 Å². The van der Waals surface area contributed by atoms with E-state index in [0.717, 1.165) is 28.9 Å². The van der Waals surface area contributed by atoms with Crippen LogP contribution in [0.4, 0.5) is 11.4 Å². The number of carbonyl (C=O) groups is 2. The Morgan fingerprint density at radius 3 is 2.59 bits per heavy atom. The molecule has 1 unspecified atom stereocenters. The number of amides is 2. The van der Waals surface area contributed by atoms with Crippen molar-refractivity contribution in [1.29, 1.82) is 0 Å². The summed E-state index contributed by atoms with van der Waals surface area (Å²) in [7, 11) is 0. The molecule has 142 valence electrons. The number of unbranched alkanes of at least 4 members (excludes halogenated alkanes) is 1. The third-order valence-electron chi connectivity index (χ3n) is 5.19. The van der Waals surface area contributed by atoms with Gasteiger partial charge in [0.05, 0.1) is 5.92 Å². The summed E-state index contributed by atoms with van der Waals surface area (Å²) in [6, 6.07) is 14.1. The molecule has 1 aliphatic heterocycles. The normalized spacial score (nSPS) is 16.6. The molecule has 0 spiro atoms. The van der Waals surface area contributed by atoms with E-state index in [4.69, 9.17) is 0 Å². The van der Waals surface area contributed by atoms with Crippen molar-refractivity contribution in [2.75, 3.05) is 16.8 Å². The average molecular weight is 364 g/mol. The molecule has 0 saturated carbocycles. The van der Waals surface area contributed by atoms with Crippen LogP contribution in [0.2, 0.25) is 0 Å². The monoisotopic (exact) mass is 364 g/mol. The third kappa shape index (κ3) is 4.57. The number of carbonyl (C=O) groups excluding carboxylic acids is 2. The second-order valence-electron chi connectivity index (χ2n) is 7.49. The number of nitrogens with one attached hydrogen (secondary N) is 1. The molecule has 1 atom stereocenters. The van der Waals surface area contributed by atoms with E-state index < -0.39 is 0 Å². The SMILES string of the molecule is CCCCc1ccc(NC(=O)C2CC(=O)N(c3cc(C)ccc3C)C2)cc1. The van der Waals surface area contributed by atoms with Gasteiger partial charge in [-0.3, -0.25) is 9.59 Å². The zero-order chi connectivity index (χ0) is 19.4. The van der Waals surface area contributed by atoms with Crippen LogP contribution in [0.1, 0.15) is 42.9 Å². The lowest BCUT2D eigenvalue weighted by Crippen LogP contribution is -2.28. The summed E-state index contributed by atoms with van der Waals surface area (Å²) in [4.78, 5) is 26.9. The lowest BCUT2D eigenvalue weighted by Gasteiger charge is -2.19. The molecule has 1 aliphatic rings. The van der Waals surface area contributed by atoms with Gasteiger partial charge in [-0.25, -0.2) is 0 Å². The fourth-order valence-electron chi connectivity index (χ4n) is 3.51. The van der Waals surface area contributed by atoms with Crippen LogP contribution in [0.5, 0.6) is 0 Å². The van der Waals surface area contributed by atoms with E-state index >= 15 is 0 Å². The highest BCUT2D eigenvalue weighted by atomic mass is 16.2. The highest BCUT2D eigenvalue weighted by molar-refractivity contribution is 6.03. The van der Waals surface area contributed by atoms with Crippen molar-refractivity contribution < 1.29 is 9.59 Å². The summed E-state index contributed by atoms with van der Waals surface area (Å²) in [5.74, 6) is -0.395. The van der Waals surface area contributed by atoms with Crippen molar-refractivity contribution in [3.05, 3.63) is 59.2 Å². The van der Waals surface area contributed by atoms with Gasteiger partial charge in [0.1, 0.15) is 0 Å². The topological polar surface area (TPSA) is 49.4 Å². The summed E-state index contributed by atoms with van der Waals surface area (Å²) in [5, 5.41) is 2.97. The molecule has 1 saturated heterocycles. The van der Waals surface area contributed by atoms with E-state index in [1.807, 2.05) is 44.2 Å². The van der Waals surface area contributed by atoms with E-state index in [1.54, 1.807) is 4.90 Å². The Hall–Kier alpha value is -2.62. The molecule has 4 nitrogen and oxygen atoms in total. The van der Waals surface area contributed by atoms with Crippen LogP contribution in [0.25, 0.3) is 0 Å². The first kappa shape index (κ1) is 19.2. The van der Waals surface area contributed by atoms with E-state index in [1.165, 1.54) is 18.4 Å². The van der Waals surface area contributed by atoms with Gasteiger partial charge in [-0.2, -0.15) is 0 Å². The minimum Gasteiger partial charge on any atom is -0.326 e. The van der Waals surface area contributed by atoms with Crippen molar-refractivity contribution in [1.82, 2.24) is 0 Å². The van der Waals surface area contributed by atoms with Gasteiger partial charge in [0.2, 0.25) is 11.8 Å². The molecule has 0 bridgehead atoms.